The molecule has 0 bridgehead atoms. The molecule has 1 amide bonds. The number of nitrogens with zero attached hydrogens (tertiary/aromatic N) is 2. The molecule has 1 fully saturated rings. The number of hydrogen-bond acceptors (Lipinski definition) is 4. The highest BCUT2D eigenvalue weighted by atomic mass is 32.2. The Labute approximate surface area is 119 Å². The maximum atomic E-state index is 12.5. The molecule has 2 rings (SSSR count). The summed E-state index contributed by atoms with van der Waals surface area (Å²) in [4.78, 5) is 16.0. The van der Waals surface area contributed by atoms with Gasteiger partial charge in [-0.05, 0) is 31.9 Å². The van der Waals surface area contributed by atoms with Crippen molar-refractivity contribution in [3.63, 3.8) is 0 Å². The molecular formula is C13H19N3O3S. The van der Waals surface area contributed by atoms with Crippen LogP contribution in [-0.4, -0.2) is 43.8 Å². The van der Waals surface area contributed by atoms with Gasteiger partial charge in [0.05, 0.1) is 5.41 Å². The minimum atomic E-state index is -3.58. The molecule has 1 unspecified atom stereocenters. The van der Waals surface area contributed by atoms with Gasteiger partial charge in [-0.1, -0.05) is 0 Å². The zero-order valence-electron chi connectivity index (χ0n) is 11.7. The first-order chi connectivity index (χ1) is 9.40. The molecule has 2 heterocycles. The van der Waals surface area contributed by atoms with Crippen LogP contribution in [0.2, 0.25) is 0 Å². The van der Waals surface area contributed by atoms with Gasteiger partial charge in [-0.3, -0.25) is 9.78 Å². The second-order valence-electron chi connectivity index (χ2n) is 5.27. The lowest BCUT2D eigenvalue weighted by atomic mass is 9.82. The van der Waals surface area contributed by atoms with Crippen LogP contribution in [0.3, 0.4) is 0 Å². The van der Waals surface area contributed by atoms with Crippen LogP contribution in [0.25, 0.3) is 0 Å². The van der Waals surface area contributed by atoms with E-state index in [0.717, 1.165) is 0 Å². The second-order valence-corrected chi connectivity index (χ2v) is 7.21. The summed E-state index contributed by atoms with van der Waals surface area (Å²) in [5, 5.41) is 2.61. The van der Waals surface area contributed by atoms with Crippen molar-refractivity contribution in [2.45, 2.75) is 24.7 Å². The van der Waals surface area contributed by atoms with Crippen LogP contribution < -0.4 is 5.32 Å². The lowest BCUT2D eigenvalue weighted by Crippen LogP contribution is -2.51. The van der Waals surface area contributed by atoms with Gasteiger partial charge in [-0.2, -0.15) is 4.31 Å². The summed E-state index contributed by atoms with van der Waals surface area (Å²) in [7, 11) is -2.01. The summed E-state index contributed by atoms with van der Waals surface area (Å²) in [5.74, 6) is -0.122. The molecule has 0 saturated carbocycles. The van der Waals surface area contributed by atoms with Crippen molar-refractivity contribution in [1.29, 1.82) is 0 Å². The van der Waals surface area contributed by atoms with E-state index in [2.05, 4.69) is 10.3 Å². The molecule has 1 aliphatic rings. The fourth-order valence-electron chi connectivity index (χ4n) is 2.53. The van der Waals surface area contributed by atoms with Gasteiger partial charge >= 0.3 is 0 Å². The summed E-state index contributed by atoms with van der Waals surface area (Å²) in [5.41, 5.74) is -0.678. The molecule has 7 heteroatoms. The van der Waals surface area contributed by atoms with Crippen molar-refractivity contribution in [1.82, 2.24) is 14.6 Å². The number of sulfonamides is 1. The average Bonchev–Trinajstić information content (AvgIpc) is 2.47. The Morgan fingerprint density at radius 2 is 2.25 bits per heavy atom. The van der Waals surface area contributed by atoms with E-state index in [1.807, 2.05) is 0 Å². The number of pyridine rings is 1. The Kier molecular flexibility index (Phi) is 4.10. The van der Waals surface area contributed by atoms with E-state index in [1.165, 1.54) is 22.8 Å². The largest absolute Gasteiger partial charge is 0.359 e. The molecule has 1 aliphatic heterocycles. The number of amides is 1. The van der Waals surface area contributed by atoms with Crippen LogP contribution in [0.5, 0.6) is 0 Å². The Bertz CT molecular complexity index is 588. The normalized spacial score (nSPS) is 24.3. The van der Waals surface area contributed by atoms with Crippen molar-refractivity contribution in [3.05, 3.63) is 24.5 Å². The predicted molar refractivity (Wildman–Crippen MR) is 74.4 cm³/mol. The van der Waals surface area contributed by atoms with Gasteiger partial charge in [0, 0.05) is 32.5 Å². The van der Waals surface area contributed by atoms with Crippen molar-refractivity contribution < 1.29 is 13.2 Å². The quantitative estimate of drug-likeness (QED) is 0.887. The average molecular weight is 297 g/mol. The first-order valence-electron chi connectivity index (χ1n) is 6.52. The van der Waals surface area contributed by atoms with Gasteiger partial charge < -0.3 is 5.32 Å². The van der Waals surface area contributed by atoms with Crippen LogP contribution in [0.4, 0.5) is 0 Å². The molecule has 0 aliphatic carbocycles. The SMILES string of the molecule is CNC(=O)C1(C)CCCN(S(=O)(=O)c2cccnc2)C1. The second kappa shape index (κ2) is 5.49. The molecule has 0 aromatic carbocycles. The maximum absolute atomic E-state index is 12.5. The van der Waals surface area contributed by atoms with E-state index in [1.54, 1.807) is 20.0 Å². The lowest BCUT2D eigenvalue weighted by Gasteiger charge is -2.38. The van der Waals surface area contributed by atoms with E-state index in [0.29, 0.717) is 19.4 Å². The molecule has 1 N–H and O–H groups in total. The van der Waals surface area contributed by atoms with E-state index in [-0.39, 0.29) is 17.3 Å². The molecule has 6 nitrogen and oxygen atoms in total. The summed E-state index contributed by atoms with van der Waals surface area (Å²) in [6.45, 7) is 2.43. The third-order valence-corrected chi connectivity index (χ3v) is 5.54. The van der Waals surface area contributed by atoms with Gasteiger partial charge in [-0.25, -0.2) is 8.42 Å². The highest BCUT2D eigenvalue weighted by Crippen LogP contribution is 2.32. The van der Waals surface area contributed by atoms with Crippen LogP contribution in [-0.2, 0) is 14.8 Å². The van der Waals surface area contributed by atoms with Gasteiger partial charge in [0.25, 0.3) is 0 Å². The summed E-state index contributed by atoms with van der Waals surface area (Å²) in [6, 6.07) is 3.11. The third kappa shape index (κ3) is 2.69. The van der Waals surface area contributed by atoms with Gasteiger partial charge in [-0.15, -0.1) is 0 Å². The van der Waals surface area contributed by atoms with Crippen LogP contribution in [0, 0.1) is 5.41 Å². The minimum absolute atomic E-state index is 0.122. The molecule has 1 aromatic rings. The molecule has 1 atom stereocenters. The monoisotopic (exact) mass is 297 g/mol. The van der Waals surface area contributed by atoms with Gasteiger partial charge in [0.2, 0.25) is 15.9 Å². The van der Waals surface area contributed by atoms with E-state index in [9.17, 15) is 13.2 Å². The zero-order chi connectivity index (χ0) is 14.8. The lowest BCUT2D eigenvalue weighted by molar-refractivity contribution is -0.131. The van der Waals surface area contributed by atoms with Crippen molar-refractivity contribution >= 4 is 15.9 Å². The Balaban J connectivity index is 2.28. The number of rotatable bonds is 3. The number of nitrogens with one attached hydrogen (secondary N) is 1. The molecule has 20 heavy (non-hydrogen) atoms. The third-order valence-electron chi connectivity index (χ3n) is 3.71. The number of carbonyl (C=O) groups excluding carboxylic acids is 1. The number of hydrogen-bond donors (Lipinski definition) is 1. The highest BCUT2D eigenvalue weighted by Gasteiger charge is 2.41. The van der Waals surface area contributed by atoms with Gasteiger partial charge in [0.15, 0.2) is 0 Å². The number of carbonyl (C=O) groups is 1. The molecular weight excluding hydrogens is 278 g/mol. The predicted octanol–water partition coefficient (Wildman–Crippen LogP) is 0.618. The number of aromatic nitrogens is 1. The molecule has 0 radical (unpaired) electrons. The van der Waals surface area contributed by atoms with Crippen LogP contribution in [0.1, 0.15) is 19.8 Å². The standard InChI is InChI=1S/C13H19N3O3S/c1-13(12(17)14-2)6-4-8-16(10-13)20(18,19)11-5-3-7-15-9-11/h3,5,7,9H,4,6,8,10H2,1-2H3,(H,14,17). The van der Waals surface area contributed by atoms with Gasteiger partial charge in [0.1, 0.15) is 4.90 Å². The Morgan fingerprint density at radius 1 is 1.50 bits per heavy atom. The van der Waals surface area contributed by atoms with Crippen LogP contribution in [0.15, 0.2) is 29.4 Å². The summed E-state index contributed by atoms with van der Waals surface area (Å²) >= 11 is 0. The van der Waals surface area contributed by atoms with E-state index >= 15 is 0 Å². The first kappa shape index (κ1) is 14.9. The minimum Gasteiger partial charge on any atom is -0.359 e. The topological polar surface area (TPSA) is 79.4 Å². The summed E-state index contributed by atoms with van der Waals surface area (Å²) in [6.07, 6.45) is 4.22. The van der Waals surface area contributed by atoms with Crippen LogP contribution >= 0.6 is 0 Å². The molecule has 1 saturated heterocycles. The molecule has 1 aromatic heterocycles. The van der Waals surface area contributed by atoms with E-state index in [4.69, 9.17) is 0 Å². The van der Waals surface area contributed by atoms with Crippen molar-refractivity contribution in [2.75, 3.05) is 20.1 Å². The smallest absolute Gasteiger partial charge is 0.244 e. The maximum Gasteiger partial charge on any atom is 0.244 e. The number of piperidine rings is 1. The van der Waals surface area contributed by atoms with Crippen molar-refractivity contribution in [3.8, 4) is 0 Å². The van der Waals surface area contributed by atoms with E-state index < -0.39 is 15.4 Å². The van der Waals surface area contributed by atoms with Crippen molar-refractivity contribution in [2.24, 2.45) is 5.41 Å². The first-order valence-corrected chi connectivity index (χ1v) is 7.96. The fraction of sp³-hybridized carbons (Fsp3) is 0.538. The molecule has 0 spiro atoms. The Hall–Kier alpha value is -1.47. The summed E-state index contributed by atoms with van der Waals surface area (Å²) < 4.78 is 26.5. The highest BCUT2D eigenvalue weighted by molar-refractivity contribution is 7.89. The zero-order valence-corrected chi connectivity index (χ0v) is 12.5. The molecule has 110 valence electrons. The Morgan fingerprint density at radius 3 is 2.85 bits per heavy atom. The fourth-order valence-corrected chi connectivity index (χ4v) is 4.10.